The molecule has 6 heteroatoms. The van der Waals surface area contributed by atoms with E-state index < -0.39 is 0 Å². The van der Waals surface area contributed by atoms with Crippen molar-refractivity contribution in [2.45, 2.75) is 51.5 Å². The highest BCUT2D eigenvalue weighted by Crippen LogP contribution is 2.22. The van der Waals surface area contributed by atoms with Crippen molar-refractivity contribution in [3.05, 3.63) is 23.9 Å². The number of anilines is 1. The van der Waals surface area contributed by atoms with Crippen LogP contribution in [0.15, 0.2) is 18.2 Å². The molecule has 0 radical (unpaired) electrons. The molecular weight excluding hydrogens is 316 g/mol. The largest absolute Gasteiger partial charge is 0.337 e. The number of carbonyl (C=O) groups is 2. The van der Waals surface area contributed by atoms with E-state index in [9.17, 15) is 9.59 Å². The number of hydrogen-bond donors (Lipinski definition) is 2. The zero-order valence-corrected chi connectivity index (χ0v) is 14.8. The van der Waals surface area contributed by atoms with Crippen molar-refractivity contribution in [3.63, 3.8) is 0 Å². The maximum absolute atomic E-state index is 12.4. The van der Waals surface area contributed by atoms with Crippen molar-refractivity contribution in [3.8, 4) is 12.3 Å². The fourth-order valence-corrected chi connectivity index (χ4v) is 3.06. The van der Waals surface area contributed by atoms with Crippen LogP contribution in [0.1, 0.15) is 44.2 Å². The lowest BCUT2D eigenvalue weighted by molar-refractivity contribution is -0.116. The Morgan fingerprint density at radius 1 is 1.32 bits per heavy atom. The highest BCUT2D eigenvalue weighted by molar-refractivity contribution is 5.90. The van der Waals surface area contributed by atoms with E-state index in [0.717, 1.165) is 31.4 Å². The summed E-state index contributed by atoms with van der Waals surface area (Å²) in [4.78, 5) is 30.3. The molecule has 1 aromatic heterocycles. The molecule has 1 heterocycles. The fraction of sp³-hybridized carbons (Fsp3) is 0.526. The van der Waals surface area contributed by atoms with Gasteiger partial charge in [-0.15, -0.1) is 6.42 Å². The number of carbonyl (C=O) groups excluding carboxylic acids is 2. The Labute approximate surface area is 149 Å². The lowest BCUT2D eigenvalue weighted by atomic mass is 9.94. The number of pyridine rings is 1. The quantitative estimate of drug-likeness (QED) is 0.781. The van der Waals surface area contributed by atoms with Crippen molar-refractivity contribution in [1.82, 2.24) is 15.2 Å². The minimum atomic E-state index is -0.189. The second-order valence-corrected chi connectivity index (χ2v) is 6.32. The average Bonchev–Trinajstić information content (AvgIpc) is 2.60. The van der Waals surface area contributed by atoms with Crippen LogP contribution in [0.4, 0.5) is 10.6 Å². The molecule has 1 aliphatic rings. The topological polar surface area (TPSA) is 74.3 Å². The first-order chi connectivity index (χ1) is 12.1. The molecule has 0 aliphatic heterocycles. The summed E-state index contributed by atoms with van der Waals surface area (Å²) >= 11 is 0. The first-order valence-corrected chi connectivity index (χ1v) is 8.81. The van der Waals surface area contributed by atoms with E-state index in [4.69, 9.17) is 6.42 Å². The van der Waals surface area contributed by atoms with E-state index >= 15 is 0 Å². The number of nitrogens with one attached hydrogen (secondary N) is 2. The van der Waals surface area contributed by atoms with Crippen molar-refractivity contribution in [2.75, 3.05) is 18.4 Å². The third-order valence-corrected chi connectivity index (χ3v) is 4.32. The number of nitrogens with zero attached hydrogens (tertiary/aromatic N) is 2. The molecular formula is C19H26N4O2. The SMILES string of the molecule is C#CCN(C(=O)NCCC(=O)Nc1cccc(C)n1)C1CCCCC1. The monoisotopic (exact) mass is 342 g/mol. The Bertz CT molecular complexity index is 633. The molecule has 0 saturated heterocycles. The minimum absolute atomic E-state index is 0.181. The number of urea groups is 1. The van der Waals surface area contributed by atoms with Crippen molar-refractivity contribution >= 4 is 17.8 Å². The first-order valence-electron chi connectivity index (χ1n) is 8.81. The molecule has 25 heavy (non-hydrogen) atoms. The highest BCUT2D eigenvalue weighted by Gasteiger charge is 2.24. The minimum Gasteiger partial charge on any atom is -0.337 e. The van der Waals surface area contributed by atoms with Gasteiger partial charge in [-0.25, -0.2) is 9.78 Å². The van der Waals surface area contributed by atoms with Gasteiger partial charge in [0.2, 0.25) is 5.91 Å². The number of amides is 3. The average molecular weight is 342 g/mol. The summed E-state index contributed by atoms with van der Waals surface area (Å²) in [5.74, 6) is 2.90. The number of terminal acetylenes is 1. The van der Waals surface area contributed by atoms with Gasteiger partial charge >= 0.3 is 6.03 Å². The van der Waals surface area contributed by atoms with Crippen LogP contribution in [0.5, 0.6) is 0 Å². The summed E-state index contributed by atoms with van der Waals surface area (Å²) in [6.07, 6.45) is 11.1. The number of aromatic nitrogens is 1. The van der Waals surface area contributed by atoms with Gasteiger partial charge in [0.1, 0.15) is 5.82 Å². The van der Waals surface area contributed by atoms with Gasteiger partial charge in [-0.1, -0.05) is 31.2 Å². The van der Waals surface area contributed by atoms with Gasteiger partial charge in [0, 0.05) is 24.7 Å². The summed E-state index contributed by atoms with van der Waals surface area (Å²) in [7, 11) is 0. The van der Waals surface area contributed by atoms with E-state index in [-0.39, 0.29) is 30.9 Å². The van der Waals surface area contributed by atoms with Gasteiger partial charge < -0.3 is 15.5 Å². The molecule has 0 spiro atoms. The molecule has 0 atom stereocenters. The lowest BCUT2D eigenvalue weighted by Crippen LogP contribution is -2.47. The van der Waals surface area contributed by atoms with E-state index in [0.29, 0.717) is 12.4 Å². The molecule has 0 bridgehead atoms. The summed E-state index contributed by atoms with van der Waals surface area (Å²) in [6.45, 7) is 2.43. The Balaban J connectivity index is 1.77. The molecule has 1 aliphatic carbocycles. The smallest absolute Gasteiger partial charge is 0.318 e. The standard InChI is InChI=1S/C19H26N4O2/c1-3-14-23(16-9-5-4-6-10-16)19(25)20-13-12-18(24)22-17-11-7-8-15(2)21-17/h1,7-8,11,16H,4-6,9-10,12-14H2,2H3,(H,20,25)(H,21,22,24). The third kappa shape index (κ3) is 6.11. The Morgan fingerprint density at radius 2 is 2.08 bits per heavy atom. The molecule has 0 aromatic carbocycles. The Kier molecular flexibility index (Phi) is 7.27. The maximum atomic E-state index is 12.4. The molecule has 2 rings (SSSR count). The van der Waals surface area contributed by atoms with Crippen LogP contribution in [0.3, 0.4) is 0 Å². The van der Waals surface area contributed by atoms with Crippen molar-refractivity contribution in [1.29, 1.82) is 0 Å². The van der Waals surface area contributed by atoms with Crippen LogP contribution < -0.4 is 10.6 Å². The molecule has 1 saturated carbocycles. The van der Waals surface area contributed by atoms with Gasteiger partial charge in [0.25, 0.3) is 0 Å². The fourth-order valence-electron chi connectivity index (χ4n) is 3.06. The van der Waals surface area contributed by atoms with Crippen LogP contribution in [-0.2, 0) is 4.79 Å². The Hall–Kier alpha value is -2.55. The third-order valence-electron chi connectivity index (χ3n) is 4.32. The lowest BCUT2D eigenvalue weighted by Gasteiger charge is -2.33. The maximum Gasteiger partial charge on any atom is 0.318 e. The zero-order valence-electron chi connectivity index (χ0n) is 14.8. The predicted octanol–water partition coefficient (Wildman–Crippen LogP) is 2.70. The van der Waals surface area contributed by atoms with E-state index in [1.54, 1.807) is 11.0 Å². The molecule has 0 unspecified atom stereocenters. The molecule has 1 aromatic rings. The van der Waals surface area contributed by atoms with Crippen LogP contribution >= 0.6 is 0 Å². The second-order valence-electron chi connectivity index (χ2n) is 6.32. The predicted molar refractivity (Wildman–Crippen MR) is 98.0 cm³/mol. The van der Waals surface area contributed by atoms with Gasteiger partial charge in [0.15, 0.2) is 0 Å². The normalized spacial score (nSPS) is 14.4. The first kappa shape index (κ1) is 18.8. The number of aryl methyl sites for hydroxylation is 1. The second kappa shape index (κ2) is 9.67. The summed E-state index contributed by atoms with van der Waals surface area (Å²) in [6, 6.07) is 5.45. The highest BCUT2D eigenvalue weighted by atomic mass is 16.2. The molecule has 6 nitrogen and oxygen atoms in total. The van der Waals surface area contributed by atoms with Crippen LogP contribution in [-0.4, -0.2) is 41.0 Å². The van der Waals surface area contributed by atoms with E-state index in [2.05, 4.69) is 21.5 Å². The number of rotatable bonds is 6. The van der Waals surface area contributed by atoms with Gasteiger partial charge in [-0.2, -0.15) is 0 Å². The van der Waals surface area contributed by atoms with E-state index in [1.165, 1.54) is 6.42 Å². The number of hydrogen-bond acceptors (Lipinski definition) is 3. The van der Waals surface area contributed by atoms with Gasteiger partial charge in [-0.3, -0.25) is 4.79 Å². The van der Waals surface area contributed by atoms with Crippen LogP contribution in [0, 0.1) is 19.3 Å². The summed E-state index contributed by atoms with van der Waals surface area (Å²) in [5, 5.41) is 5.53. The zero-order chi connectivity index (χ0) is 18.1. The molecule has 2 N–H and O–H groups in total. The summed E-state index contributed by atoms with van der Waals surface area (Å²) < 4.78 is 0. The van der Waals surface area contributed by atoms with Crippen molar-refractivity contribution in [2.24, 2.45) is 0 Å². The van der Waals surface area contributed by atoms with Gasteiger partial charge in [-0.05, 0) is 31.9 Å². The van der Waals surface area contributed by atoms with Crippen molar-refractivity contribution < 1.29 is 9.59 Å². The van der Waals surface area contributed by atoms with Crippen LogP contribution in [0.2, 0.25) is 0 Å². The summed E-state index contributed by atoms with van der Waals surface area (Å²) in [5.41, 5.74) is 0.837. The molecule has 3 amide bonds. The van der Waals surface area contributed by atoms with E-state index in [1.807, 2.05) is 19.1 Å². The van der Waals surface area contributed by atoms with Gasteiger partial charge in [0.05, 0.1) is 6.54 Å². The molecule has 134 valence electrons. The Morgan fingerprint density at radius 3 is 2.76 bits per heavy atom. The molecule has 1 fully saturated rings. The van der Waals surface area contributed by atoms with Crippen LogP contribution in [0.25, 0.3) is 0 Å².